The summed E-state index contributed by atoms with van der Waals surface area (Å²) in [6, 6.07) is 31.2. The van der Waals surface area contributed by atoms with Gasteiger partial charge in [-0.15, -0.1) is 0 Å². The Bertz CT molecular complexity index is 1530. The molecule has 0 aliphatic rings. The van der Waals surface area contributed by atoms with Gasteiger partial charge in [0.05, 0.1) is 22.7 Å². The quantitative estimate of drug-likeness (QED) is 0.220. The second kappa shape index (κ2) is 8.45. The topological polar surface area (TPSA) is 72.1 Å². The molecule has 0 aliphatic heterocycles. The van der Waals surface area contributed by atoms with E-state index in [1.807, 2.05) is 65.2 Å². The van der Waals surface area contributed by atoms with Gasteiger partial charge in [-0.25, -0.2) is 4.79 Å². The van der Waals surface area contributed by atoms with Gasteiger partial charge in [-0.3, -0.25) is 4.79 Å². The number of nitriles is 1. The van der Waals surface area contributed by atoms with E-state index >= 15 is 0 Å². The number of fused-ring (bicyclic) bond motifs is 2. The Kier molecular flexibility index (Phi) is 5.18. The summed E-state index contributed by atoms with van der Waals surface area (Å²) in [4.78, 5) is 25.7. The number of benzene rings is 4. The van der Waals surface area contributed by atoms with Gasteiger partial charge in [-0.05, 0) is 59.7 Å². The number of hydrogen-bond acceptors (Lipinski definition) is 4. The lowest BCUT2D eigenvalue weighted by Gasteiger charge is -2.14. The standard InChI is InChI=1S/C28H18N2O3/c29-17-19-9-11-20(12-10-19)21-13-15-22(16-14-21)33-27(31)18-30-25-7-3-1-5-23(25)28(32)24-6-2-4-8-26(24)30/h1-16H,18H2. The number of aromatic nitrogens is 1. The predicted molar refractivity (Wildman–Crippen MR) is 128 cm³/mol. The molecule has 0 amide bonds. The Labute approximate surface area is 189 Å². The van der Waals surface area contributed by atoms with E-state index in [1.165, 1.54) is 0 Å². The molecule has 4 aromatic carbocycles. The summed E-state index contributed by atoms with van der Waals surface area (Å²) in [5.74, 6) is 0.00660. The number of pyridine rings is 1. The highest BCUT2D eigenvalue weighted by Crippen LogP contribution is 2.24. The van der Waals surface area contributed by atoms with E-state index in [0.717, 1.165) is 11.1 Å². The third kappa shape index (κ3) is 3.86. The minimum Gasteiger partial charge on any atom is -0.425 e. The normalized spacial score (nSPS) is 10.8. The minimum atomic E-state index is -0.430. The highest BCUT2D eigenvalue weighted by molar-refractivity contribution is 5.94. The van der Waals surface area contributed by atoms with Crippen LogP contribution in [0.2, 0.25) is 0 Å². The summed E-state index contributed by atoms with van der Waals surface area (Å²) >= 11 is 0. The van der Waals surface area contributed by atoms with Crippen LogP contribution in [0, 0.1) is 11.3 Å². The first-order valence-electron chi connectivity index (χ1n) is 10.5. The molecule has 5 rings (SSSR count). The number of carbonyl (C=O) groups is 1. The molecule has 0 atom stereocenters. The SMILES string of the molecule is N#Cc1ccc(-c2ccc(OC(=O)Cn3c4ccccc4c(=O)c4ccccc43)cc2)cc1. The lowest BCUT2D eigenvalue weighted by Crippen LogP contribution is -2.19. The van der Waals surface area contributed by atoms with E-state index in [2.05, 4.69) is 6.07 Å². The van der Waals surface area contributed by atoms with Gasteiger partial charge in [0.1, 0.15) is 12.3 Å². The van der Waals surface area contributed by atoms with Crippen LogP contribution in [0.25, 0.3) is 32.9 Å². The van der Waals surface area contributed by atoms with Crippen LogP contribution in [0.5, 0.6) is 5.75 Å². The summed E-state index contributed by atoms with van der Waals surface area (Å²) < 4.78 is 7.41. The van der Waals surface area contributed by atoms with Crippen molar-refractivity contribution in [3.63, 3.8) is 0 Å². The first kappa shape index (κ1) is 20.2. The second-order valence-electron chi connectivity index (χ2n) is 7.64. The van der Waals surface area contributed by atoms with Crippen LogP contribution in [0.4, 0.5) is 0 Å². The zero-order valence-corrected chi connectivity index (χ0v) is 17.6. The van der Waals surface area contributed by atoms with E-state index in [0.29, 0.717) is 33.1 Å². The molecule has 0 saturated heterocycles. The maximum Gasteiger partial charge on any atom is 0.331 e. The van der Waals surface area contributed by atoms with E-state index in [1.54, 1.807) is 36.4 Å². The average Bonchev–Trinajstić information content (AvgIpc) is 2.87. The first-order valence-corrected chi connectivity index (χ1v) is 10.5. The zero-order chi connectivity index (χ0) is 22.8. The Balaban J connectivity index is 1.42. The van der Waals surface area contributed by atoms with Crippen LogP contribution >= 0.6 is 0 Å². The molecule has 0 saturated carbocycles. The maximum atomic E-state index is 12.9. The van der Waals surface area contributed by atoms with Gasteiger partial charge in [-0.1, -0.05) is 48.5 Å². The number of hydrogen-bond donors (Lipinski definition) is 0. The third-order valence-corrected chi connectivity index (χ3v) is 5.60. The van der Waals surface area contributed by atoms with Crippen molar-refractivity contribution in [2.75, 3.05) is 0 Å². The summed E-state index contributed by atoms with van der Waals surface area (Å²) in [7, 11) is 0. The number of rotatable bonds is 4. The largest absolute Gasteiger partial charge is 0.425 e. The van der Waals surface area contributed by atoms with Crippen LogP contribution in [0.3, 0.4) is 0 Å². The fraction of sp³-hybridized carbons (Fsp3) is 0.0357. The first-order chi connectivity index (χ1) is 16.1. The summed E-state index contributed by atoms with van der Waals surface area (Å²) in [6.45, 7) is -0.0291. The molecule has 158 valence electrons. The molecule has 33 heavy (non-hydrogen) atoms. The number of nitrogens with zero attached hydrogens (tertiary/aromatic N) is 2. The molecule has 5 heteroatoms. The van der Waals surface area contributed by atoms with Gasteiger partial charge < -0.3 is 9.30 Å². The van der Waals surface area contributed by atoms with Crippen molar-refractivity contribution in [2.45, 2.75) is 6.54 Å². The zero-order valence-electron chi connectivity index (χ0n) is 17.6. The molecule has 0 aliphatic carbocycles. The second-order valence-corrected chi connectivity index (χ2v) is 7.64. The van der Waals surface area contributed by atoms with Crippen LogP contribution in [0.1, 0.15) is 5.56 Å². The van der Waals surface area contributed by atoms with Gasteiger partial charge in [0, 0.05) is 10.8 Å². The van der Waals surface area contributed by atoms with Crippen molar-refractivity contribution < 1.29 is 9.53 Å². The number of esters is 1. The van der Waals surface area contributed by atoms with Crippen LogP contribution in [-0.4, -0.2) is 10.5 Å². The number of carbonyl (C=O) groups excluding carboxylic acids is 1. The monoisotopic (exact) mass is 430 g/mol. The molecule has 0 spiro atoms. The Morgan fingerprint density at radius 3 is 1.82 bits per heavy atom. The van der Waals surface area contributed by atoms with Crippen molar-refractivity contribution in [1.82, 2.24) is 4.57 Å². The molecule has 0 fully saturated rings. The molecule has 0 unspecified atom stereocenters. The third-order valence-electron chi connectivity index (χ3n) is 5.60. The molecule has 0 N–H and O–H groups in total. The summed E-state index contributed by atoms with van der Waals surface area (Å²) in [6.07, 6.45) is 0. The van der Waals surface area contributed by atoms with Crippen molar-refractivity contribution in [3.05, 3.63) is 113 Å². The number of ether oxygens (including phenoxy) is 1. The Morgan fingerprint density at radius 2 is 1.27 bits per heavy atom. The fourth-order valence-corrected chi connectivity index (χ4v) is 3.99. The van der Waals surface area contributed by atoms with Crippen LogP contribution in [0.15, 0.2) is 102 Å². The molecule has 0 radical (unpaired) electrons. The van der Waals surface area contributed by atoms with Gasteiger partial charge >= 0.3 is 5.97 Å². The average molecular weight is 430 g/mol. The van der Waals surface area contributed by atoms with Crippen LogP contribution < -0.4 is 10.2 Å². The fourth-order valence-electron chi connectivity index (χ4n) is 3.99. The molecule has 5 nitrogen and oxygen atoms in total. The lowest BCUT2D eigenvalue weighted by molar-refractivity contribution is -0.134. The van der Waals surface area contributed by atoms with Crippen molar-refractivity contribution in [2.24, 2.45) is 0 Å². The van der Waals surface area contributed by atoms with Gasteiger partial charge in [0.25, 0.3) is 0 Å². The van der Waals surface area contributed by atoms with E-state index < -0.39 is 5.97 Å². The van der Waals surface area contributed by atoms with E-state index in [4.69, 9.17) is 10.00 Å². The number of para-hydroxylation sites is 2. The highest BCUT2D eigenvalue weighted by Gasteiger charge is 2.14. The highest BCUT2D eigenvalue weighted by atomic mass is 16.5. The van der Waals surface area contributed by atoms with Crippen molar-refractivity contribution in [3.8, 4) is 22.9 Å². The Morgan fingerprint density at radius 1 is 0.758 bits per heavy atom. The summed E-state index contributed by atoms with van der Waals surface area (Å²) in [5, 5.41) is 10.1. The Hall–Kier alpha value is -4.69. The van der Waals surface area contributed by atoms with Crippen molar-refractivity contribution >= 4 is 27.8 Å². The summed E-state index contributed by atoms with van der Waals surface area (Å²) in [5.41, 5.74) is 3.86. The maximum absolute atomic E-state index is 12.9. The van der Waals surface area contributed by atoms with Crippen LogP contribution in [-0.2, 0) is 11.3 Å². The smallest absolute Gasteiger partial charge is 0.331 e. The molecule has 1 heterocycles. The predicted octanol–water partition coefficient (Wildman–Crippen LogP) is 5.30. The van der Waals surface area contributed by atoms with Gasteiger partial charge in [-0.2, -0.15) is 5.26 Å². The molecular formula is C28H18N2O3. The molecule has 5 aromatic rings. The van der Waals surface area contributed by atoms with Crippen molar-refractivity contribution in [1.29, 1.82) is 5.26 Å². The molecule has 0 bridgehead atoms. The van der Waals surface area contributed by atoms with E-state index in [9.17, 15) is 9.59 Å². The lowest BCUT2D eigenvalue weighted by atomic mass is 10.0. The molecule has 1 aromatic heterocycles. The van der Waals surface area contributed by atoms with Gasteiger partial charge in [0.15, 0.2) is 5.43 Å². The minimum absolute atomic E-state index is 0.0291. The van der Waals surface area contributed by atoms with E-state index in [-0.39, 0.29) is 12.0 Å². The van der Waals surface area contributed by atoms with Gasteiger partial charge in [0.2, 0.25) is 0 Å². The molecular weight excluding hydrogens is 412 g/mol.